The topological polar surface area (TPSA) is 96.1 Å². The summed E-state index contributed by atoms with van der Waals surface area (Å²) in [5, 5.41) is 11.0. The van der Waals surface area contributed by atoms with Gasteiger partial charge in [0.2, 0.25) is 11.8 Å². The molecule has 1 aromatic rings. The molecule has 7 heteroatoms. The van der Waals surface area contributed by atoms with Gasteiger partial charge in [-0.05, 0) is 31.4 Å². The number of nitrogens with two attached hydrogens (primary N) is 1. The van der Waals surface area contributed by atoms with E-state index in [4.69, 9.17) is 10.5 Å². The summed E-state index contributed by atoms with van der Waals surface area (Å²) in [5.74, 6) is -0.150. The largest absolute Gasteiger partial charge is 0.488 e. The normalized spacial score (nSPS) is 29.8. The number of benzene rings is 1. The van der Waals surface area contributed by atoms with Crippen molar-refractivity contribution in [3.05, 3.63) is 30.3 Å². The van der Waals surface area contributed by atoms with Gasteiger partial charge in [-0.25, -0.2) is 0 Å². The van der Waals surface area contributed by atoms with Crippen LogP contribution in [0.2, 0.25) is 0 Å². The Balaban J connectivity index is 1.71. The number of primary amides is 1. The number of amides is 2. The number of rotatable bonds is 4. The fourth-order valence-electron chi connectivity index (χ4n) is 4.12. The van der Waals surface area contributed by atoms with Crippen molar-refractivity contribution in [2.24, 2.45) is 11.7 Å². The Morgan fingerprint density at radius 1 is 1.15 bits per heavy atom. The smallest absolute Gasteiger partial charge is 0.223 e. The molecule has 4 atom stereocenters. The van der Waals surface area contributed by atoms with E-state index < -0.39 is 17.9 Å². The van der Waals surface area contributed by atoms with Gasteiger partial charge in [0, 0.05) is 39.1 Å². The summed E-state index contributed by atoms with van der Waals surface area (Å²) in [5.41, 5.74) is 5.56. The monoisotopic (exact) mass is 375 g/mol. The first-order valence-corrected chi connectivity index (χ1v) is 9.64. The van der Waals surface area contributed by atoms with E-state index in [9.17, 15) is 14.7 Å². The predicted molar refractivity (Wildman–Crippen MR) is 101 cm³/mol. The third-order valence-corrected chi connectivity index (χ3v) is 5.66. The molecule has 3 rings (SSSR count). The van der Waals surface area contributed by atoms with Crippen LogP contribution in [0.5, 0.6) is 5.75 Å². The van der Waals surface area contributed by atoms with Crippen LogP contribution in [0.4, 0.5) is 0 Å². The maximum Gasteiger partial charge on any atom is 0.223 e. The van der Waals surface area contributed by atoms with E-state index in [0.29, 0.717) is 26.2 Å². The van der Waals surface area contributed by atoms with Crippen LogP contribution in [-0.4, -0.2) is 71.1 Å². The van der Waals surface area contributed by atoms with E-state index in [-0.39, 0.29) is 18.1 Å². The second-order valence-electron chi connectivity index (χ2n) is 7.52. The summed E-state index contributed by atoms with van der Waals surface area (Å²) in [4.78, 5) is 27.5. The van der Waals surface area contributed by atoms with Gasteiger partial charge in [0.25, 0.3) is 0 Å². The Morgan fingerprint density at radius 3 is 2.56 bits per heavy atom. The van der Waals surface area contributed by atoms with Crippen molar-refractivity contribution in [2.75, 3.05) is 26.2 Å². The minimum atomic E-state index is -0.656. The van der Waals surface area contributed by atoms with Crippen molar-refractivity contribution in [1.82, 2.24) is 9.80 Å². The predicted octanol–water partition coefficient (Wildman–Crippen LogP) is 0.613. The number of aliphatic hydroxyl groups excluding tert-OH is 1. The van der Waals surface area contributed by atoms with Gasteiger partial charge in [0.05, 0.1) is 5.92 Å². The van der Waals surface area contributed by atoms with Crippen LogP contribution < -0.4 is 10.5 Å². The molecule has 1 aliphatic carbocycles. The Bertz CT molecular complexity index is 654. The van der Waals surface area contributed by atoms with Gasteiger partial charge >= 0.3 is 0 Å². The zero-order valence-electron chi connectivity index (χ0n) is 15.8. The molecule has 1 saturated carbocycles. The lowest BCUT2D eigenvalue weighted by Gasteiger charge is -2.41. The van der Waals surface area contributed by atoms with Crippen LogP contribution in [0.3, 0.4) is 0 Å². The summed E-state index contributed by atoms with van der Waals surface area (Å²) >= 11 is 0. The lowest BCUT2D eigenvalue weighted by Crippen LogP contribution is -2.54. The third-order valence-electron chi connectivity index (χ3n) is 5.66. The van der Waals surface area contributed by atoms with Crippen molar-refractivity contribution >= 4 is 11.8 Å². The average Bonchev–Trinajstić information content (AvgIpc) is 2.88. The molecule has 7 nitrogen and oxygen atoms in total. The van der Waals surface area contributed by atoms with Gasteiger partial charge < -0.3 is 20.5 Å². The van der Waals surface area contributed by atoms with Gasteiger partial charge in [-0.1, -0.05) is 18.2 Å². The molecule has 0 unspecified atom stereocenters. The number of hydrogen-bond donors (Lipinski definition) is 2. The maximum absolute atomic E-state index is 11.9. The van der Waals surface area contributed by atoms with Crippen LogP contribution in [-0.2, 0) is 9.59 Å². The van der Waals surface area contributed by atoms with Gasteiger partial charge in [0.1, 0.15) is 18.0 Å². The van der Waals surface area contributed by atoms with Crippen LogP contribution in [0.1, 0.15) is 26.2 Å². The zero-order chi connectivity index (χ0) is 19.4. The molecule has 2 fully saturated rings. The number of aliphatic hydroxyl groups is 1. The maximum atomic E-state index is 11.9. The van der Waals surface area contributed by atoms with Gasteiger partial charge in [-0.15, -0.1) is 0 Å². The van der Waals surface area contributed by atoms with Gasteiger partial charge in [-0.3, -0.25) is 14.5 Å². The van der Waals surface area contributed by atoms with Crippen molar-refractivity contribution in [1.29, 1.82) is 0 Å². The fourth-order valence-corrected chi connectivity index (χ4v) is 4.12. The second-order valence-corrected chi connectivity index (χ2v) is 7.52. The molecule has 0 bridgehead atoms. The lowest BCUT2D eigenvalue weighted by atomic mass is 9.88. The minimum Gasteiger partial charge on any atom is -0.488 e. The van der Waals surface area contributed by atoms with E-state index in [0.717, 1.165) is 25.0 Å². The fraction of sp³-hybridized carbons (Fsp3) is 0.600. The summed E-state index contributed by atoms with van der Waals surface area (Å²) in [6, 6.07) is 9.40. The molecule has 1 aromatic carbocycles. The summed E-state index contributed by atoms with van der Waals surface area (Å²) in [7, 11) is 0. The molecule has 0 spiro atoms. The Labute approximate surface area is 160 Å². The quantitative estimate of drug-likeness (QED) is 0.804. The first-order chi connectivity index (χ1) is 13.0. The molecule has 1 aliphatic heterocycles. The third kappa shape index (κ3) is 4.78. The molecule has 0 radical (unpaired) electrons. The van der Waals surface area contributed by atoms with Gasteiger partial charge in [0.15, 0.2) is 0 Å². The van der Waals surface area contributed by atoms with Crippen molar-refractivity contribution < 1.29 is 19.4 Å². The molecule has 1 saturated heterocycles. The number of nitrogens with zero attached hydrogens (tertiary/aromatic N) is 2. The Morgan fingerprint density at radius 2 is 1.89 bits per heavy atom. The number of ether oxygens (including phenoxy) is 1. The highest BCUT2D eigenvalue weighted by atomic mass is 16.5. The highest BCUT2D eigenvalue weighted by molar-refractivity contribution is 5.79. The van der Waals surface area contributed by atoms with E-state index in [1.807, 2.05) is 30.3 Å². The molecule has 148 valence electrons. The van der Waals surface area contributed by atoms with Crippen molar-refractivity contribution in [2.45, 2.75) is 44.4 Å². The van der Waals surface area contributed by atoms with Crippen LogP contribution in [0, 0.1) is 5.92 Å². The average molecular weight is 375 g/mol. The summed E-state index contributed by atoms with van der Waals surface area (Å²) < 4.78 is 6.02. The molecule has 2 aliphatic rings. The van der Waals surface area contributed by atoms with E-state index >= 15 is 0 Å². The molecule has 2 amide bonds. The Hall–Kier alpha value is -2.12. The first kappa shape index (κ1) is 19.6. The molecule has 27 heavy (non-hydrogen) atoms. The lowest BCUT2D eigenvalue weighted by molar-refractivity contribution is -0.130. The highest BCUT2D eigenvalue weighted by Gasteiger charge is 2.39. The van der Waals surface area contributed by atoms with E-state index in [2.05, 4.69) is 4.90 Å². The standard InChI is InChI=1S/C20H29N3O4/c1-14(24)22-10-11-23(13-15(12-22)20(21)26)17-8-5-9-18(19(17)25)27-16-6-3-2-4-7-16/h2-4,6-7,15,17-19,25H,5,8-13H2,1H3,(H2,21,26)/t15-,17-,18+,19+/m0/s1. The van der Waals surface area contributed by atoms with E-state index in [1.54, 1.807) is 4.90 Å². The molecule has 3 N–H and O–H groups in total. The first-order valence-electron chi connectivity index (χ1n) is 9.64. The van der Waals surface area contributed by atoms with Crippen molar-refractivity contribution in [3.8, 4) is 5.75 Å². The van der Waals surface area contributed by atoms with Crippen LogP contribution in [0.15, 0.2) is 30.3 Å². The summed E-state index contributed by atoms with van der Waals surface area (Å²) in [6.07, 6.45) is 1.62. The van der Waals surface area contributed by atoms with E-state index in [1.165, 1.54) is 6.92 Å². The molecule has 1 heterocycles. The van der Waals surface area contributed by atoms with Gasteiger partial charge in [-0.2, -0.15) is 0 Å². The number of carbonyl (C=O) groups excluding carboxylic acids is 2. The highest BCUT2D eigenvalue weighted by Crippen LogP contribution is 2.28. The number of hydrogen-bond acceptors (Lipinski definition) is 5. The zero-order valence-corrected chi connectivity index (χ0v) is 15.8. The SMILES string of the molecule is CC(=O)N1CCN([C@H]2CCC[C@@H](Oc3ccccc3)[C@@H]2O)C[C@@H](C(N)=O)C1. The van der Waals surface area contributed by atoms with Crippen LogP contribution >= 0.6 is 0 Å². The molecular weight excluding hydrogens is 346 g/mol. The minimum absolute atomic E-state index is 0.0578. The number of carbonyl (C=O) groups is 2. The Kier molecular flexibility index (Phi) is 6.34. The molecule has 0 aromatic heterocycles. The summed E-state index contributed by atoms with van der Waals surface area (Å²) in [6.45, 7) is 3.45. The van der Waals surface area contributed by atoms with Crippen LogP contribution in [0.25, 0.3) is 0 Å². The second kappa shape index (κ2) is 8.71. The number of para-hydroxylation sites is 1. The van der Waals surface area contributed by atoms with Crippen molar-refractivity contribution in [3.63, 3.8) is 0 Å². The molecular formula is C20H29N3O4.